The van der Waals surface area contributed by atoms with Crippen LogP contribution in [0.4, 0.5) is 0 Å². The summed E-state index contributed by atoms with van der Waals surface area (Å²) in [6.45, 7) is 0. The van der Waals surface area contributed by atoms with Gasteiger partial charge in [-0.15, -0.1) is 0 Å². The van der Waals surface area contributed by atoms with Crippen LogP contribution in [0, 0.1) is 11.3 Å². The topological polar surface area (TPSA) is 74.6 Å². The number of nitriles is 1. The van der Waals surface area contributed by atoms with Gasteiger partial charge in [-0.25, -0.2) is 4.98 Å². The van der Waals surface area contributed by atoms with E-state index in [0.29, 0.717) is 17.4 Å². The molecule has 0 aromatic carbocycles. The van der Waals surface area contributed by atoms with Crippen LogP contribution >= 0.6 is 0 Å². The summed E-state index contributed by atoms with van der Waals surface area (Å²) in [6, 6.07) is 5.60. The second kappa shape index (κ2) is 3.34. The number of rotatable bonds is 2. The third-order valence-corrected chi connectivity index (χ3v) is 1.83. The minimum Gasteiger partial charge on any atom is -0.481 e. The number of nitrogens with zero attached hydrogens (tertiary/aromatic N) is 3. The Bertz CT molecular complexity index is 497. The summed E-state index contributed by atoms with van der Waals surface area (Å²) in [4.78, 5) is 11.3. The van der Waals surface area contributed by atoms with Crippen LogP contribution in [0.1, 0.15) is 5.82 Å². The molecule has 0 fully saturated rings. The van der Waals surface area contributed by atoms with Crippen molar-refractivity contribution in [1.29, 1.82) is 5.26 Å². The van der Waals surface area contributed by atoms with E-state index in [1.54, 1.807) is 13.2 Å². The number of hydrogen-bond acceptors (Lipinski definition) is 4. The van der Waals surface area contributed by atoms with Crippen molar-refractivity contribution in [2.75, 3.05) is 7.11 Å². The highest BCUT2D eigenvalue weighted by Gasteiger charge is 2.04. The van der Waals surface area contributed by atoms with Gasteiger partial charge in [0.05, 0.1) is 25.1 Å². The molecule has 0 spiro atoms. The Labute approximate surface area is 80.4 Å². The largest absolute Gasteiger partial charge is 0.481 e. The van der Waals surface area contributed by atoms with Crippen LogP contribution in [0.15, 0.2) is 12.1 Å². The highest BCUT2D eigenvalue weighted by atomic mass is 16.5. The van der Waals surface area contributed by atoms with Gasteiger partial charge in [0.1, 0.15) is 5.82 Å². The highest BCUT2D eigenvalue weighted by Crippen LogP contribution is 2.13. The summed E-state index contributed by atoms with van der Waals surface area (Å²) in [5.41, 5.74) is 1.39. The molecule has 0 aliphatic rings. The third-order valence-electron chi connectivity index (χ3n) is 1.83. The van der Waals surface area contributed by atoms with Gasteiger partial charge in [-0.2, -0.15) is 10.2 Å². The van der Waals surface area contributed by atoms with E-state index in [-0.39, 0.29) is 6.42 Å². The lowest BCUT2D eigenvalue weighted by Gasteiger charge is -1.95. The van der Waals surface area contributed by atoms with Gasteiger partial charge in [0.25, 0.3) is 0 Å². The summed E-state index contributed by atoms with van der Waals surface area (Å²) < 4.78 is 4.96. The molecule has 0 unspecified atom stereocenters. The fourth-order valence-corrected chi connectivity index (χ4v) is 1.20. The van der Waals surface area contributed by atoms with Crippen LogP contribution in [0.3, 0.4) is 0 Å². The van der Waals surface area contributed by atoms with Gasteiger partial charge < -0.3 is 9.72 Å². The highest BCUT2D eigenvalue weighted by molar-refractivity contribution is 5.71. The zero-order valence-corrected chi connectivity index (χ0v) is 7.61. The van der Waals surface area contributed by atoms with E-state index in [0.717, 1.165) is 5.52 Å². The predicted molar refractivity (Wildman–Crippen MR) is 49.8 cm³/mol. The second-order valence-corrected chi connectivity index (χ2v) is 2.74. The summed E-state index contributed by atoms with van der Waals surface area (Å²) in [7, 11) is 1.55. The Hall–Kier alpha value is -2.09. The molecule has 0 radical (unpaired) electrons. The lowest BCUT2D eigenvalue weighted by atomic mass is 10.4. The van der Waals surface area contributed by atoms with Crippen LogP contribution in [-0.4, -0.2) is 22.1 Å². The lowest BCUT2D eigenvalue weighted by molar-refractivity contribution is 0.399. The smallest absolute Gasteiger partial charge is 0.215 e. The van der Waals surface area contributed by atoms with Crippen molar-refractivity contribution in [2.24, 2.45) is 0 Å². The summed E-state index contributed by atoms with van der Waals surface area (Å²) in [6.07, 6.45) is 0.263. The average Bonchev–Trinajstić information content (AvgIpc) is 2.59. The minimum absolute atomic E-state index is 0.263. The number of hydrogen-bond donors (Lipinski definition) is 1. The number of nitrogens with one attached hydrogen (secondary N) is 1. The van der Waals surface area contributed by atoms with Crippen molar-refractivity contribution in [3.63, 3.8) is 0 Å². The third kappa shape index (κ3) is 1.38. The van der Waals surface area contributed by atoms with Crippen molar-refractivity contribution < 1.29 is 4.74 Å². The summed E-state index contributed by atoms with van der Waals surface area (Å²) >= 11 is 0. The molecule has 0 bridgehead atoms. The number of aromatic nitrogens is 3. The first kappa shape index (κ1) is 8.51. The van der Waals surface area contributed by atoms with Crippen LogP contribution in [0.25, 0.3) is 11.2 Å². The molecule has 0 saturated carbocycles. The molecule has 0 atom stereocenters. The molecule has 2 aromatic heterocycles. The SMILES string of the molecule is COc1ccc2[nH]c(CC#N)nc2n1. The molecule has 0 aliphatic heterocycles. The van der Waals surface area contributed by atoms with Crippen molar-refractivity contribution in [1.82, 2.24) is 15.0 Å². The van der Waals surface area contributed by atoms with Gasteiger partial charge >= 0.3 is 0 Å². The Balaban J connectivity index is 2.50. The van der Waals surface area contributed by atoms with Crippen molar-refractivity contribution in [2.45, 2.75) is 6.42 Å². The fourth-order valence-electron chi connectivity index (χ4n) is 1.20. The molecule has 0 amide bonds. The molecule has 14 heavy (non-hydrogen) atoms. The van der Waals surface area contributed by atoms with Crippen LogP contribution in [0.2, 0.25) is 0 Å². The number of H-pyrrole nitrogens is 1. The van der Waals surface area contributed by atoms with Gasteiger partial charge in [0.2, 0.25) is 5.88 Å². The molecule has 2 rings (SSSR count). The van der Waals surface area contributed by atoms with E-state index in [9.17, 15) is 0 Å². The van der Waals surface area contributed by atoms with Crippen molar-refractivity contribution in [3.8, 4) is 11.9 Å². The molecule has 0 saturated heterocycles. The molecule has 5 heteroatoms. The molecule has 2 heterocycles. The van der Waals surface area contributed by atoms with Crippen LogP contribution < -0.4 is 4.74 Å². The van der Waals surface area contributed by atoms with Gasteiger partial charge in [-0.1, -0.05) is 0 Å². The van der Waals surface area contributed by atoms with Crippen molar-refractivity contribution >= 4 is 11.2 Å². The molecule has 2 aromatic rings. The first-order valence-electron chi connectivity index (χ1n) is 4.10. The second-order valence-electron chi connectivity index (χ2n) is 2.74. The maximum atomic E-state index is 8.49. The van der Waals surface area contributed by atoms with E-state index in [4.69, 9.17) is 10.00 Å². The predicted octanol–water partition coefficient (Wildman–Crippen LogP) is 1.03. The van der Waals surface area contributed by atoms with Gasteiger partial charge in [-0.05, 0) is 6.07 Å². The Morgan fingerprint density at radius 1 is 1.50 bits per heavy atom. The van der Waals surface area contributed by atoms with E-state index in [1.165, 1.54) is 0 Å². The van der Waals surface area contributed by atoms with E-state index >= 15 is 0 Å². The molecular weight excluding hydrogens is 180 g/mol. The molecule has 1 N–H and O–H groups in total. The number of fused-ring (bicyclic) bond motifs is 1. The van der Waals surface area contributed by atoms with E-state index in [2.05, 4.69) is 15.0 Å². The quantitative estimate of drug-likeness (QED) is 0.763. The van der Waals surface area contributed by atoms with Crippen LogP contribution in [-0.2, 0) is 6.42 Å². The molecule has 0 aliphatic carbocycles. The first-order chi connectivity index (χ1) is 6.83. The Kier molecular flexibility index (Phi) is 2.03. The summed E-state index contributed by atoms with van der Waals surface area (Å²) in [5.74, 6) is 1.15. The zero-order valence-electron chi connectivity index (χ0n) is 7.61. The normalized spacial score (nSPS) is 10.0. The van der Waals surface area contributed by atoms with Gasteiger partial charge in [0.15, 0.2) is 5.65 Å². The van der Waals surface area contributed by atoms with Crippen molar-refractivity contribution in [3.05, 3.63) is 18.0 Å². The fraction of sp³-hybridized carbons (Fsp3) is 0.222. The van der Waals surface area contributed by atoms with Gasteiger partial charge in [-0.3, -0.25) is 0 Å². The Morgan fingerprint density at radius 3 is 3.07 bits per heavy atom. The Morgan fingerprint density at radius 2 is 2.36 bits per heavy atom. The minimum atomic E-state index is 0.263. The maximum Gasteiger partial charge on any atom is 0.215 e. The van der Waals surface area contributed by atoms with Crippen LogP contribution in [0.5, 0.6) is 5.88 Å². The number of methoxy groups -OCH3 is 1. The lowest BCUT2D eigenvalue weighted by Crippen LogP contribution is -1.86. The number of pyridine rings is 1. The summed E-state index contributed by atoms with van der Waals surface area (Å²) in [5, 5.41) is 8.49. The van der Waals surface area contributed by atoms with E-state index < -0.39 is 0 Å². The average molecular weight is 188 g/mol. The van der Waals surface area contributed by atoms with E-state index in [1.807, 2.05) is 12.1 Å². The monoisotopic (exact) mass is 188 g/mol. The standard InChI is InChI=1S/C9H8N4O/c1-14-8-3-2-6-9(13-8)12-7(11-6)4-5-10/h2-3H,4H2,1H3,(H,11,12,13). The molecule has 5 nitrogen and oxygen atoms in total. The number of imidazole rings is 1. The molecular formula is C9H8N4O. The number of ether oxygens (including phenoxy) is 1. The first-order valence-corrected chi connectivity index (χ1v) is 4.10. The van der Waals surface area contributed by atoms with Gasteiger partial charge in [0, 0.05) is 6.07 Å². The maximum absolute atomic E-state index is 8.49. The zero-order chi connectivity index (χ0) is 9.97. The molecule has 70 valence electrons. The number of aromatic amines is 1.